The molecule has 24 heavy (non-hydrogen) atoms. The molecule has 1 N–H and O–H groups in total. The quantitative estimate of drug-likeness (QED) is 0.706. The maximum absolute atomic E-state index is 12.0. The standard InChI is InChI=1S/C15H10N4O2S2.ClH/c1-8-7-11(20)19(15(8)21)18-12-9-4-6-23-14(9)17-13(16-12)10-3-2-5-22-10;/h2-7H,1H3,(H,16,17,18);1H. The molecule has 0 saturated heterocycles. The van der Waals surface area contributed by atoms with Crippen molar-refractivity contribution >= 4 is 62.9 Å². The van der Waals surface area contributed by atoms with Gasteiger partial charge in [0.25, 0.3) is 11.8 Å². The van der Waals surface area contributed by atoms with Crippen molar-refractivity contribution in [3.63, 3.8) is 0 Å². The van der Waals surface area contributed by atoms with E-state index >= 15 is 0 Å². The van der Waals surface area contributed by atoms with E-state index in [-0.39, 0.29) is 18.3 Å². The van der Waals surface area contributed by atoms with Gasteiger partial charge in [0.05, 0.1) is 10.3 Å². The van der Waals surface area contributed by atoms with Gasteiger partial charge in [0.15, 0.2) is 11.6 Å². The largest absolute Gasteiger partial charge is 0.275 e. The Hall–Kier alpha value is -2.29. The number of imide groups is 1. The number of carbonyl (C=O) groups excluding carboxylic acids is 2. The molecule has 0 unspecified atom stereocenters. The Balaban J connectivity index is 0.00000169. The molecular formula is C15H11ClN4O2S2. The van der Waals surface area contributed by atoms with Crippen LogP contribution in [0.2, 0.25) is 0 Å². The second-order valence-corrected chi connectivity index (χ2v) is 6.77. The van der Waals surface area contributed by atoms with Crippen LogP contribution in [0.3, 0.4) is 0 Å². The van der Waals surface area contributed by atoms with Crippen molar-refractivity contribution in [3.8, 4) is 10.7 Å². The van der Waals surface area contributed by atoms with E-state index in [1.165, 1.54) is 28.7 Å². The number of nitrogens with zero attached hydrogens (tertiary/aromatic N) is 3. The number of fused-ring (bicyclic) bond motifs is 1. The molecule has 0 radical (unpaired) electrons. The average Bonchev–Trinajstić information content (AvgIpc) is 3.25. The van der Waals surface area contributed by atoms with Crippen molar-refractivity contribution in [2.75, 3.05) is 5.43 Å². The summed E-state index contributed by atoms with van der Waals surface area (Å²) >= 11 is 3.02. The van der Waals surface area contributed by atoms with E-state index in [1.807, 2.05) is 29.0 Å². The van der Waals surface area contributed by atoms with Crippen molar-refractivity contribution < 1.29 is 9.59 Å². The molecule has 2 amide bonds. The monoisotopic (exact) mass is 378 g/mol. The molecule has 0 saturated carbocycles. The smallest absolute Gasteiger partial charge is 0.271 e. The number of rotatable bonds is 3. The van der Waals surface area contributed by atoms with Gasteiger partial charge < -0.3 is 0 Å². The summed E-state index contributed by atoms with van der Waals surface area (Å²) in [7, 11) is 0. The third-order valence-electron chi connectivity index (χ3n) is 3.39. The maximum atomic E-state index is 12.0. The minimum atomic E-state index is -0.396. The minimum Gasteiger partial charge on any atom is -0.271 e. The SMILES string of the molecule is CC1=CC(=O)N(Nc2nc(-c3cccs3)nc3sccc23)C1=O.Cl. The van der Waals surface area contributed by atoms with Crippen LogP contribution in [0.5, 0.6) is 0 Å². The van der Waals surface area contributed by atoms with Crippen LogP contribution in [0.4, 0.5) is 5.82 Å². The summed E-state index contributed by atoms with van der Waals surface area (Å²) in [5.41, 5.74) is 3.24. The molecule has 6 nitrogen and oxygen atoms in total. The van der Waals surface area contributed by atoms with Crippen molar-refractivity contribution in [2.45, 2.75) is 6.92 Å². The molecule has 0 spiro atoms. The van der Waals surface area contributed by atoms with Crippen LogP contribution in [-0.2, 0) is 9.59 Å². The maximum Gasteiger partial charge on any atom is 0.275 e. The van der Waals surface area contributed by atoms with Crippen LogP contribution in [0.25, 0.3) is 20.9 Å². The van der Waals surface area contributed by atoms with E-state index < -0.39 is 5.91 Å². The first-order chi connectivity index (χ1) is 11.1. The van der Waals surface area contributed by atoms with E-state index in [4.69, 9.17) is 0 Å². The summed E-state index contributed by atoms with van der Waals surface area (Å²) in [6.45, 7) is 1.61. The molecule has 9 heteroatoms. The highest BCUT2D eigenvalue weighted by atomic mass is 35.5. The van der Waals surface area contributed by atoms with Crippen molar-refractivity contribution in [1.29, 1.82) is 0 Å². The zero-order valence-electron chi connectivity index (χ0n) is 12.3. The lowest BCUT2D eigenvalue weighted by molar-refractivity contribution is -0.135. The number of carbonyl (C=O) groups is 2. The number of hydrazine groups is 1. The van der Waals surface area contributed by atoms with Gasteiger partial charge in [0, 0.05) is 11.6 Å². The van der Waals surface area contributed by atoms with Gasteiger partial charge in [-0.1, -0.05) is 6.07 Å². The van der Waals surface area contributed by atoms with E-state index in [0.29, 0.717) is 17.2 Å². The molecule has 1 aliphatic heterocycles. The Bertz CT molecular complexity index is 965. The number of aromatic nitrogens is 2. The second kappa shape index (κ2) is 6.31. The minimum absolute atomic E-state index is 0. The summed E-state index contributed by atoms with van der Waals surface area (Å²) < 4.78 is 0. The number of anilines is 1. The van der Waals surface area contributed by atoms with Crippen LogP contribution in [-0.4, -0.2) is 26.8 Å². The lowest BCUT2D eigenvalue weighted by Gasteiger charge is -2.17. The van der Waals surface area contributed by atoms with Gasteiger partial charge in [0.1, 0.15) is 4.83 Å². The van der Waals surface area contributed by atoms with Crippen molar-refractivity contribution in [2.24, 2.45) is 0 Å². The lowest BCUT2D eigenvalue weighted by atomic mass is 10.3. The van der Waals surface area contributed by atoms with Crippen LogP contribution in [0.15, 0.2) is 40.6 Å². The van der Waals surface area contributed by atoms with Gasteiger partial charge in [-0.2, -0.15) is 5.01 Å². The van der Waals surface area contributed by atoms with E-state index in [1.54, 1.807) is 6.92 Å². The van der Waals surface area contributed by atoms with E-state index in [0.717, 1.165) is 20.1 Å². The Morgan fingerprint density at radius 3 is 2.62 bits per heavy atom. The van der Waals surface area contributed by atoms with Gasteiger partial charge in [0.2, 0.25) is 0 Å². The molecule has 3 aromatic heterocycles. The van der Waals surface area contributed by atoms with Gasteiger partial charge >= 0.3 is 0 Å². The summed E-state index contributed by atoms with van der Waals surface area (Å²) in [6.07, 6.45) is 1.31. The van der Waals surface area contributed by atoms with Crippen LogP contribution in [0, 0.1) is 0 Å². The number of hydrogen-bond acceptors (Lipinski definition) is 7. The third-order valence-corrected chi connectivity index (χ3v) is 5.06. The number of thiophene rings is 2. The fourth-order valence-corrected chi connectivity index (χ4v) is 3.68. The topological polar surface area (TPSA) is 75.2 Å². The van der Waals surface area contributed by atoms with Crippen LogP contribution < -0.4 is 5.43 Å². The zero-order valence-corrected chi connectivity index (χ0v) is 14.8. The molecule has 122 valence electrons. The Labute approximate surface area is 151 Å². The molecule has 0 aromatic carbocycles. The van der Waals surface area contributed by atoms with E-state index in [2.05, 4.69) is 15.4 Å². The second-order valence-electron chi connectivity index (χ2n) is 4.93. The first kappa shape index (κ1) is 16.6. The molecule has 0 aliphatic carbocycles. The Morgan fingerprint density at radius 2 is 1.96 bits per heavy atom. The van der Waals surface area contributed by atoms with Gasteiger partial charge in [-0.3, -0.25) is 15.0 Å². The predicted octanol–water partition coefficient (Wildman–Crippen LogP) is 3.48. The summed E-state index contributed by atoms with van der Waals surface area (Å²) in [5, 5.41) is 5.61. The van der Waals surface area contributed by atoms with Crippen molar-refractivity contribution in [1.82, 2.24) is 15.0 Å². The van der Waals surface area contributed by atoms with Gasteiger partial charge in [-0.15, -0.1) is 35.1 Å². The number of nitrogens with one attached hydrogen (secondary N) is 1. The Kier molecular flexibility index (Phi) is 4.35. The average molecular weight is 379 g/mol. The van der Waals surface area contributed by atoms with E-state index in [9.17, 15) is 9.59 Å². The summed E-state index contributed by atoms with van der Waals surface area (Å²) in [6, 6.07) is 5.73. The Morgan fingerprint density at radius 1 is 1.12 bits per heavy atom. The molecular weight excluding hydrogens is 368 g/mol. The fourth-order valence-electron chi connectivity index (χ4n) is 2.26. The fraction of sp³-hybridized carbons (Fsp3) is 0.0667. The molecule has 0 atom stereocenters. The summed E-state index contributed by atoms with van der Waals surface area (Å²) in [4.78, 5) is 34.7. The highest BCUT2D eigenvalue weighted by Crippen LogP contribution is 2.30. The molecule has 0 bridgehead atoms. The lowest BCUT2D eigenvalue weighted by Crippen LogP contribution is -2.36. The molecule has 4 rings (SSSR count). The third kappa shape index (κ3) is 2.68. The van der Waals surface area contributed by atoms with Gasteiger partial charge in [-0.05, 0) is 29.8 Å². The highest BCUT2D eigenvalue weighted by Gasteiger charge is 2.29. The summed E-state index contributed by atoms with van der Waals surface area (Å²) in [5.74, 6) is 0.257. The zero-order chi connectivity index (χ0) is 16.0. The first-order valence-electron chi connectivity index (χ1n) is 6.76. The molecule has 3 aromatic rings. The molecule has 1 aliphatic rings. The number of hydrogen-bond donors (Lipinski definition) is 1. The molecule has 4 heterocycles. The molecule has 0 fully saturated rings. The van der Waals surface area contributed by atoms with Crippen molar-refractivity contribution in [3.05, 3.63) is 40.6 Å². The number of halogens is 1. The van der Waals surface area contributed by atoms with Crippen LogP contribution in [0.1, 0.15) is 6.92 Å². The predicted molar refractivity (Wildman–Crippen MR) is 97.2 cm³/mol. The highest BCUT2D eigenvalue weighted by molar-refractivity contribution is 7.17. The normalized spacial score (nSPS) is 14.0. The first-order valence-corrected chi connectivity index (χ1v) is 8.52. The number of amides is 2. The van der Waals surface area contributed by atoms with Crippen LogP contribution >= 0.6 is 35.1 Å². The van der Waals surface area contributed by atoms with Gasteiger partial charge in [-0.25, -0.2) is 9.97 Å².